The Bertz CT molecular complexity index is 1870. The summed E-state index contributed by atoms with van der Waals surface area (Å²) in [4.78, 5) is 31.6. The number of nitrogens with one attached hydrogen (secondary N) is 2. The van der Waals surface area contributed by atoms with E-state index in [0.29, 0.717) is 25.0 Å². The minimum absolute atomic E-state index is 0.167. The molecule has 0 saturated carbocycles. The van der Waals surface area contributed by atoms with Crippen molar-refractivity contribution in [2.75, 3.05) is 49.3 Å². The van der Waals surface area contributed by atoms with Crippen LogP contribution in [0.25, 0.3) is 27.7 Å². The number of nitrogens with zero attached hydrogens (tertiary/aromatic N) is 7. The van der Waals surface area contributed by atoms with Crippen LogP contribution in [-0.4, -0.2) is 75.1 Å². The van der Waals surface area contributed by atoms with Gasteiger partial charge in [0.15, 0.2) is 5.65 Å². The molecule has 2 aromatic carbocycles. The van der Waals surface area contributed by atoms with E-state index >= 15 is 0 Å². The number of piperidine rings is 1. The van der Waals surface area contributed by atoms with Gasteiger partial charge in [-0.1, -0.05) is 56.3 Å². The summed E-state index contributed by atoms with van der Waals surface area (Å²) >= 11 is 0. The summed E-state index contributed by atoms with van der Waals surface area (Å²) in [6.45, 7) is 7.14. The van der Waals surface area contributed by atoms with Gasteiger partial charge in [0.05, 0.1) is 11.9 Å². The second-order valence-corrected chi connectivity index (χ2v) is 12.4. The van der Waals surface area contributed by atoms with Crippen LogP contribution in [0.3, 0.4) is 0 Å². The van der Waals surface area contributed by atoms with E-state index in [0.717, 1.165) is 70.4 Å². The van der Waals surface area contributed by atoms with Gasteiger partial charge in [-0.2, -0.15) is 19.6 Å². The van der Waals surface area contributed by atoms with Gasteiger partial charge >= 0.3 is 0 Å². The van der Waals surface area contributed by atoms with Crippen molar-refractivity contribution in [2.24, 2.45) is 5.73 Å². The van der Waals surface area contributed by atoms with Gasteiger partial charge in [0.2, 0.25) is 17.8 Å². The zero-order valence-corrected chi connectivity index (χ0v) is 26.9. The molecular weight excluding hydrogens is 576 g/mol. The van der Waals surface area contributed by atoms with E-state index in [4.69, 9.17) is 20.7 Å². The highest BCUT2D eigenvalue weighted by Crippen LogP contribution is 2.33. The third-order valence-corrected chi connectivity index (χ3v) is 8.34. The molecule has 4 N–H and O–H groups in total. The smallest absolute Gasteiger partial charge is 0.248 e. The second-order valence-electron chi connectivity index (χ2n) is 12.4. The third kappa shape index (κ3) is 6.70. The van der Waals surface area contributed by atoms with Gasteiger partial charge in [0, 0.05) is 72.1 Å². The Morgan fingerprint density at radius 1 is 1.07 bits per heavy atom. The number of anilines is 3. The van der Waals surface area contributed by atoms with Gasteiger partial charge in [0.1, 0.15) is 0 Å². The summed E-state index contributed by atoms with van der Waals surface area (Å²) in [5, 5.41) is 13.2. The zero-order valence-electron chi connectivity index (χ0n) is 26.9. The van der Waals surface area contributed by atoms with Crippen molar-refractivity contribution in [3.8, 4) is 11.3 Å². The number of pyridine rings is 1. The zero-order chi connectivity index (χ0) is 32.2. The highest BCUT2D eigenvalue weighted by molar-refractivity contribution is 6.08. The van der Waals surface area contributed by atoms with E-state index in [-0.39, 0.29) is 17.9 Å². The summed E-state index contributed by atoms with van der Waals surface area (Å²) < 4.78 is 1.80. The molecule has 5 aromatic rings. The minimum atomic E-state index is -0.167. The highest BCUT2D eigenvalue weighted by atomic mass is 16.1. The van der Waals surface area contributed by atoms with Crippen LogP contribution >= 0.6 is 0 Å². The fraction of sp³-hybridized carbons (Fsp3) is 0.343. The lowest BCUT2D eigenvalue weighted by Gasteiger charge is -2.30. The summed E-state index contributed by atoms with van der Waals surface area (Å²) in [7, 11) is 3.93. The molecule has 0 unspecified atom stereocenters. The molecule has 1 amide bonds. The van der Waals surface area contributed by atoms with Crippen molar-refractivity contribution >= 4 is 39.9 Å². The van der Waals surface area contributed by atoms with Crippen LogP contribution in [-0.2, 0) is 11.3 Å². The van der Waals surface area contributed by atoms with Crippen LogP contribution in [0.5, 0.6) is 0 Å². The summed E-state index contributed by atoms with van der Waals surface area (Å²) in [5.41, 5.74) is 11.7. The van der Waals surface area contributed by atoms with E-state index in [1.165, 1.54) is 0 Å². The Morgan fingerprint density at radius 2 is 1.87 bits per heavy atom. The Morgan fingerprint density at radius 3 is 2.65 bits per heavy atom. The number of amides is 1. The lowest BCUT2D eigenvalue weighted by atomic mass is 9.98. The number of carbonyl (C=O) groups excluding carboxylic acids is 1. The van der Waals surface area contributed by atoms with Gasteiger partial charge in [-0.05, 0) is 50.6 Å². The molecule has 0 spiro atoms. The largest absolute Gasteiger partial charge is 0.350 e. The van der Waals surface area contributed by atoms with E-state index in [1.807, 2.05) is 67.7 Å². The van der Waals surface area contributed by atoms with Gasteiger partial charge in [-0.3, -0.25) is 9.78 Å². The third-order valence-electron chi connectivity index (χ3n) is 8.34. The highest BCUT2D eigenvalue weighted by Gasteiger charge is 2.22. The lowest BCUT2D eigenvalue weighted by molar-refractivity contribution is -0.111. The maximum Gasteiger partial charge on any atom is 0.248 e. The quantitative estimate of drug-likeness (QED) is 0.184. The molecule has 1 fully saturated rings. The van der Waals surface area contributed by atoms with Crippen LogP contribution < -0.4 is 21.3 Å². The standard InChI is InChI=1S/C35H42N10O/c1-23(2)29-22-39-45-33(29)41-35(44-19-15-25(36)16-20-44)42-34(45)38-21-24-9-5-6-10-26(24)32-28-11-7-12-30(27(28)14-17-37-32)40-31(46)13-8-18-43(3)4/h5-14,17,22-23,25H,15-16,18-21,36H2,1-4H3,(H,40,46)(H,38,41,42)/b13-8+. The minimum Gasteiger partial charge on any atom is -0.350 e. The SMILES string of the molecule is CC(C)c1cnn2c(NCc3ccccc3-c3nccc4c(NC(=O)/C=C/CN(C)C)cccc34)nc(N3CCC(N)CC3)nc12. The van der Waals surface area contributed by atoms with Crippen molar-refractivity contribution in [1.82, 2.24) is 29.5 Å². The Hall–Kier alpha value is -4.87. The van der Waals surface area contributed by atoms with Crippen LogP contribution in [0, 0.1) is 0 Å². The monoisotopic (exact) mass is 618 g/mol. The van der Waals surface area contributed by atoms with Gasteiger partial charge in [-0.15, -0.1) is 0 Å². The van der Waals surface area contributed by atoms with E-state index in [2.05, 4.69) is 46.6 Å². The van der Waals surface area contributed by atoms with Crippen LogP contribution in [0.4, 0.5) is 17.6 Å². The van der Waals surface area contributed by atoms with Crippen molar-refractivity contribution in [2.45, 2.75) is 45.2 Å². The first-order valence-corrected chi connectivity index (χ1v) is 15.9. The first-order valence-electron chi connectivity index (χ1n) is 15.9. The molecule has 0 aliphatic carbocycles. The predicted octanol–water partition coefficient (Wildman–Crippen LogP) is 5.06. The molecule has 0 atom stereocenters. The molecule has 11 nitrogen and oxygen atoms in total. The number of carbonyl (C=O) groups is 1. The molecule has 4 heterocycles. The fourth-order valence-electron chi connectivity index (χ4n) is 5.80. The number of likely N-dealkylation sites (N-methyl/N-ethyl adjacent to an activating group) is 1. The molecule has 0 radical (unpaired) electrons. The number of hydrogen-bond acceptors (Lipinski definition) is 9. The van der Waals surface area contributed by atoms with Crippen molar-refractivity contribution < 1.29 is 4.79 Å². The molecule has 0 bridgehead atoms. The van der Waals surface area contributed by atoms with E-state index in [1.54, 1.807) is 16.8 Å². The Labute approximate surface area is 269 Å². The second kappa shape index (κ2) is 13.6. The first kappa shape index (κ1) is 31.1. The summed E-state index contributed by atoms with van der Waals surface area (Å²) in [6, 6.07) is 16.3. The van der Waals surface area contributed by atoms with Crippen LogP contribution in [0.15, 0.2) is 73.1 Å². The maximum atomic E-state index is 12.7. The molecule has 1 aliphatic heterocycles. The van der Waals surface area contributed by atoms with E-state index in [9.17, 15) is 4.79 Å². The lowest BCUT2D eigenvalue weighted by Crippen LogP contribution is -2.40. The number of rotatable bonds is 10. The average Bonchev–Trinajstić information content (AvgIpc) is 3.49. The fourth-order valence-corrected chi connectivity index (χ4v) is 5.80. The number of aromatic nitrogens is 5. The van der Waals surface area contributed by atoms with Gasteiger partial charge in [0.25, 0.3) is 0 Å². The Kier molecular flexibility index (Phi) is 9.23. The number of benzene rings is 2. The number of nitrogens with two attached hydrogens (primary N) is 1. The molecule has 1 aliphatic rings. The average molecular weight is 619 g/mol. The van der Waals surface area contributed by atoms with Crippen molar-refractivity contribution in [3.05, 3.63) is 84.2 Å². The molecule has 1 saturated heterocycles. The van der Waals surface area contributed by atoms with Crippen LogP contribution in [0.2, 0.25) is 0 Å². The van der Waals surface area contributed by atoms with E-state index < -0.39 is 0 Å². The van der Waals surface area contributed by atoms with Crippen LogP contribution in [0.1, 0.15) is 43.7 Å². The topological polar surface area (TPSA) is 130 Å². The molecule has 238 valence electrons. The molecule has 6 rings (SSSR count). The number of hydrogen-bond donors (Lipinski definition) is 3. The van der Waals surface area contributed by atoms with Crippen molar-refractivity contribution in [1.29, 1.82) is 0 Å². The van der Waals surface area contributed by atoms with Gasteiger partial charge < -0.3 is 26.2 Å². The molecule has 11 heteroatoms. The Balaban J connectivity index is 1.31. The number of fused-ring (bicyclic) bond motifs is 2. The predicted molar refractivity (Wildman–Crippen MR) is 185 cm³/mol. The molecule has 3 aromatic heterocycles. The summed E-state index contributed by atoms with van der Waals surface area (Å²) in [5.74, 6) is 1.43. The maximum absolute atomic E-state index is 12.7. The molecule has 46 heavy (non-hydrogen) atoms. The van der Waals surface area contributed by atoms with Crippen molar-refractivity contribution in [3.63, 3.8) is 0 Å². The van der Waals surface area contributed by atoms with Gasteiger partial charge in [-0.25, -0.2) is 0 Å². The first-order chi connectivity index (χ1) is 22.3. The summed E-state index contributed by atoms with van der Waals surface area (Å²) in [6.07, 6.45) is 8.93. The normalized spacial score (nSPS) is 14.3. The molecular formula is C35H42N10O.